The average molecular weight is 304 g/mol. The number of hydrogen-bond donors (Lipinski definition) is 1. The number of ether oxygens (including phenoxy) is 1. The van der Waals surface area contributed by atoms with Crippen LogP contribution < -0.4 is 0 Å². The molecule has 1 saturated heterocycles. The second-order valence-corrected chi connectivity index (χ2v) is 5.32. The molecular weight excluding hydrogens is 289 g/mol. The van der Waals surface area contributed by atoms with E-state index in [-0.39, 0.29) is 12.5 Å². The van der Waals surface area contributed by atoms with Gasteiger partial charge in [-0.05, 0) is 11.6 Å². The SMILES string of the molecule is O=C(O)CC1CN(Cc2cccc(Cl)c2Cl)CCO1. The Labute approximate surface area is 121 Å². The highest BCUT2D eigenvalue weighted by molar-refractivity contribution is 6.42. The maximum atomic E-state index is 10.7. The summed E-state index contributed by atoms with van der Waals surface area (Å²) in [5.74, 6) is -0.840. The number of morpholine rings is 1. The highest BCUT2D eigenvalue weighted by Gasteiger charge is 2.23. The van der Waals surface area contributed by atoms with Crippen molar-refractivity contribution in [2.75, 3.05) is 19.7 Å². The molecule has 1 unspecified atom stereocenters. The van der Waals surface area contributed by atoms with Crippen LogP contribution in [0.1, 0.15) is 12.0 Å². The number of carboxylic acids is 1. The summed E-state index contributed by atoms with van der Waals surface area (Å²) in [5.41, 5.74) is 0.949. The van der Waals surface area contributed by atoms with Crippen LogP contribution in [0.5, 0.6) is 0 Å². The zero-order chi connectivity index (χ0) is 13.8. The monoisotopic (exact) mass is 303 g/mol. The quantitative estimate of drug-likeness (QED) is 0.929. The third kappa shape index (κ3) is 4.08. The van der Waals surface area contributed by atoms with Gasteiger partial charge in [-0.1, -0.05) is 35.3 Å². The first kappa shape index (κ1) is 14.6. The van der Waals surface area contributed by atoms with E-state index in [2.05, 4.69) is 4.90 Å². The Morgan fingerprint density at radius 1 is 1.47 bits per heavy atom. The number of hydrogen-bond acceptors (Lipinski definition) is 3. The maximum absolute atomic E-state index is 10.7. The van der Waals surface area contributed by atoms with E-state index in [0.29, 0.717) is 29.7 Å². The molecule has 2 rings (SSSR count). The van der Waals surface area contributed by atoms with Crippen molar-refractivity contribution >= 4 is 29.2 Å². The topological polar surface area (TPSA) is 49.8 Å². The number of benzene rings is 1. The van der Waals surface area contributed by atoms with Crippen LogP contribution in [0.3, 0.4) is 0 Å². The zero-order valence-corrected chi connectivity index (χ0v) is 11.8. The molecule has 1 atom stereocenters. The highest BCUT2D eigenvalue weighted by atomic mass is 35.5. The Morgan fingerprint density at radius 3 is 3.00 bits per heavy atom. The van der Waals surface area contributed by atoms with Crippen LogP contribution in [0.4, 0.5) is 0 Å². The van der Waals surface area contributed by atoms with E-state index in [1.54, 1.807) is 6.07 Å². The van der Waals surface area contributed by atoms with E-state index in [4.69, 9.17) is 33.0 Å². The van der Waals surface area contributed by atoms with Gasteiger partial charge in [0.1, 0.15) is 0 Å². The van der Waals surface area contributed by atoms with Crippen LogP contribution in [0.25, 0.3) is 0 Å². The van der Waals surface area contributed by atoms with Gasteiger partial charge in [-0.15, -0.1) is 0 Å². The summed E-state index contributed by atoms with van der Waals surface area (Å²) >= 11 is 12.1. The lowest BCUT2D eigenvalue weighted by Crippen LogP contribution is -2.42. The number of halogens is 2. The molecule has 0 bridgehead atoms. The third-order valence-electron chi connectivity index (χ3n) is 3.05. The van der Waals surface area contributed by atoms with Crippen molar-refractivity contribution in [3.8, 4) is 0 Å². The fraction of sp³-hybridized carbons (Fsp3) is 0.462. The lowest BCUT2D eigenvalue weighted by atomic mass is 10.1. The molecule has 6 heteroatoms. The molecule has 0 radical (unpaired) electrons. The molecule has 0 aliphatic carbocycles. The minimum Gasteiger partial charge on any atom is -0.481 e. The number of aliphatic carboxylic acids is 1. The molecule has 4 nitrogen and oxygen atoms in total. The lowest BCUT2D eigenvalue weighted by molar-refractivity contribution is -0.142. The molecule has 0 amide bonds. The van der Waals surface area contributed by atoms with Crippen LogP contribution in [0.15, 0.2) is 18.2 Å². The van der Waals surface area contributed by atoms with E-state index in [1.165, 1.54) is 0 Å². The first-order valence-corrected chi connectivity index (χ1v) is 6.80. The molecule has 0 spiro atoms. The van der Waals surface area contributed by atoms with E-state index < -0.39 is 5.97 Å². The fourth-order valence-electron chi connectivity index (χ4n) is 2.15. The molecular formula is C13H15Cl2NO3. The molecule has 0 aromatic heterocycles. The highest BCUT2D eigenvalue weighted by Crippen LogP contribution is 2.27. The lowest BCUT2D eigenvalue weighted by Gasteiger charge is -2.32. The second-order valence-electron chi connectivity index (χ2n) is 4.54. The molecule has 1 aromatic rings. The van der Waals surface area contributed by atoms with Gasteiger partial charge in [0.25, 0.3) is 0 Å². The maximum Gasteiger partial charge on any atom is 0.306 e. The van der Waals surface area contributed by atoms with Gasteiger partial charge in [-0.25, -0.2) is 0 Å². The van der Waals surface area contributed by atoms with Gasteiger partial charge in [0.15, 0.2) is 0 Å². The first-order valence-electron chi connectivity index (χ1n) is 6.05. The van der Waals surface area contributed by atoms with Crippen molar-refractivity contribution in [2.45, 2.75) is 19.1 Å². The van der Waals surface area contributed by atoms with Gasteiger partial charge >= 0.3 is 5.97 Å². The summed E-state index contributed by atoms with van der Waals surface area (Å²) in [7, 11) is 0. The van der Waals surface area contributed by atoms with E-state index >= 15 is 0 Å². The Morgan fingerprint density at radius 2 is 2.26 bits per heavy atom. The fourth-order valence-corrected chi connectivity index (χ4v) is 2.53. The van der Waals surface area contributed by atoms with Gasteiger partial charge in [-0.2, -0.15) is 0 Å². The molecule has 1 fully saturated rings. The summed E-state index contributed by atoms with van der Waals surface area (Å²) in [6, 6.07) is 5.54. The summed E-state index contributed by atoms with van der Waals surface area (Å²) in [4.78, 5) is 12.8. The molecule has 1 N–H and O–H groups in total. The summed E-state index contributed by atoms with van der Waals surface area (Å²) in [5, 5.41) is 9.88. The van der Waals surface area contributed by atoms with Crippen molar-refractivity contribution in [1.29, 1.82) is 0 Å². The van der Waals surface area contributed by atoms with Crippen molar-refractivity contribution in [2.24, 2.45) is 0 Å². The number of carbonyl (C=O) groups is 1. The Balaban J connectivity index is 1.98. The standard InChI is InChI=1S/C13H15Cl2NO3/c14-11-3-1-2-9(13(11)15)7-16-4-5-19-10(8-16)6-12(17)18/h1-3,10H,4-8H2,(H,17,18). The van der Waals surface area contributed by atoms with Crippen molar-refractivity contribution in [3.05, 3.63) is 33.8 Å². The molecule has 104 valence electrons. The zero-order valence-electron chi connectivity index (χ0n) is 10.3. The van der Waals surface area contributed by atoms with E-state index in [9.17, 15) is 4.79 Å². The number of rotatable bonds is 4. The molecule has 1 aliphatic heterocycles. The normalized spacial score (nSPS) is 20.4. The Hall–Kier alpha value is -0.810. The summed E-state index contributed by atoms with van der Waals surface area (Å²) < 4.78 is 5.43. The smallest absolute Gasteiger partial charge is 0.306 e. The largest absolute Gasteiger partial charge is 0.481 e. The average Bonchev–Trinajstić information content (AvgIpc) is 2.35. The van der Waals surface area contributed by atoms with Gasteiger partial charge in [0.2, 0.25) is 0 Å². The minimum atomic E-state index is -0.840. The van der Waals surface area contributed by atoms with E-state index in [0.717, 1.165) is 12.1 Å². The minimum absolute atomic E-state index is 0.0276. The molecule has 19 heavy (non-hydrogen) atoms. The van der Waals surface area contributed by atoms with Gasteiger partial charge in [0.05, 0.1) is 29.2 Å². The predicted octanol–water partition coefficient (Wildman–Crippen LogP) is 2.67. The molecule has 1 heterocycles. The van der Waals surface area contributed by atoms with Gasteiger partial charge < -0.3 is 9.84 Å². The summed E-state index contributed by atoms with van der Waals surface area (Å²) in [6.07, 6.45) is -0.232. The first-order chi connectivity index (χ1) is 9.06. The molecule has 1 aliphatic rings. The van der Waals surface area contributed by atoms with Crippen LogP contribution in [-0.2, 0) is 16.1 Å². The van der Waals surface area contributed by atoms with Crippen molar-refractivity contribution < 1.29 is 14.6 Å². The summed E-state index contributed by atoms with van der Waals surface area (Å²) in [6.45, 7) is 2.54. The van der Waals surface area contributed by atoms with Crippen LogP contribution in [0, 0.1) is 0 Å². The third-order valence-corrected chi connectivity index (χ3v) is 3.91. The van der Waals surface area contributed by atoms with Crippen LogP contribution in [-0.4, -0.2) is 41.8 Å². The van der Waals surface area contributed by atoms with E-state index in [1.807, 2.05) is 12.1 Å². The second kappa shape index (κ2) is 6.57. The Bertz CT molecular complexity index is 467. The predicted molar refractivity (Wildman–Crippen MR) is 73.7 cm³/mol. The number of nitrogens with zero attached hydrogens (tertiary/aromatic N) is 1. The van der Waals surface area contributed by atoms with Crippen LogP contribution >= 0.6 is 23.2 Å². The number of carboxylic acid groups (broad SMARTS) is 1. The Kier molecular flexibility index (Phi) is 5.05. The van der Waals surface area contributed by atoms with Gasteiger partial charge in [-0.3, -0.25) is 9.69 Å². The van der Waals surface area contributed by atoms with Crippen molar-refractivity contribution in [1.82, 2.24) is 4.90 Å². The van der Waals surface area contributed by atoms with Crippen LogP contribution in [0.2, 0.25) is 10.0 Å². The van der Waals surface area contributed by atoms with Crippen molar-refractivity contribution in [3.63, 3.8) is 0 Å². The molecule has 0 saturated carbocycles. The van der Waals surface area contributed by atoms with Gasteiger partial charge in [0, 0.05) is 19.6 Å². The molecule has 1 aromatic carbocycles.